The van der Waals surface area contributed by atoms with Crippen LogP contribution in [0.4, 0.5) is 0 Å². The predicted molar refractivity (Wildman–Crippen MR) is 71.1 cm³/mol. The largest absolute Gasteiger partial charge is 0.309 e. The van der Waals surface area contributed by atoms with Crippen LogP contribution in [0.2, 0.25) is 0 Å². The number of nitrogens with one attached hydrogen (secondary N) is 1. The van der Waals surface area contributed by atoms with Crippen molar-refractivity contribution < 1.29 is 13.2 Å². The fourth-order valence-corrected chi connectivity index (χ4v) is 2.43. The van der Waals surface area contributed by atoms with Gasteiger partial charge in [0.25, 0.3) is 5.91 Å². The van der Waals surface area contributed by atoms with E-state index in [2.05, 4.69) is 10.4 Å². The molecule has 0 aliphatic carbocycles. The number of hydrazone groups is 1. The van der Waals surface area contributed by atoms with E-state index in [0.717, 1.165) is 0 Å². The molecule has 1 amide bonds. The van der Waals surface area contributed by atoms with Crippen molar-refractivity contribution >= 4 is 22.0 Å². The number of nitrogens with zero attached hydrogens (tertiary/aromatic N) is 2. The fraction of sp³-hybridized carbons (Fsp3) is 0.818. The van der Waals surface area contributed by atoms with Gasteiger partial charge in [0.05, 0.1) is 17.8 Å². The monoisotopic (exact) mass is 275 g/mol. The molecule has 0 radical (unpaired) electrons. The number of hydrogen-bond acceptors (Lipinski definition) is 5. The zero-order valence-electron chi connectivity index (χ0n) is 11.3. The van der Waals surface area contributed by atoms with E-state index in [1.54, 1.807) is 13.3 Å². The summed E-state index contributed by atoms with van der Waals surface area (Å²) in [5.74, 6) is 0.0433. The minimum atomic E-state index is -3.06. The van der Waals surface area contributed by atoms with Crippen LogP contribution in [0, 0.1) is 5.92 Å². The third kappa shape index (κ3) is 3.78. The summed E-state index contributed by atoms with van der Waals surface area (Å²) < 4.78 is 22.3. The summed E-state index contributed by atoms with van der Waals surface area (Å²) in [6.45, 7) is 3.92. The molecule has 0 fully saturated rings. The van der Waals surface area contributed by atoms with Gasteiger partial charge in [0.1, 0.15) is 9.84 Å². The van der Waals surface area contributed by atoms with E-state index in [1.807, 2.05) is 13.8 Å². The number of rotatable bonds is 5. The summed E-state index contributed by atoms with van der Waals surface area (Å²) in [7, 11) is -1.41. The highest BCUT2D eigenvalue weighted by molar-refractivity contribution is 7.90. The maximum atomic E-state index is 12.2. The smallest absolute Gasteiger partial charge is 0.260 e. The maximum Gasteiger partial charge on any atom is 0.260 e. The predicted octanol–water partition coefficient (Wildman–Crippen LogP) is -0.138. The first-order valence-corrected chi connectivity index (χ1v) is 8.04. The Morgan fingerprint density at radius 2 is 2.11 bits per heavy atom. The van der Waals surface area contributed by atoms with E-state index in [9.17, 15) is 13.2 Å². The Labute approximate surface area is 108 Å². The molecule has 0 aromatic rings. The van der Waals surface area contributed by atoms with Crippen molar-refractivity contribution in [1.82, 2.24) is 10.3 Å². The summed E-state index contributed by atoms with van der Waals surface area (Å²) in [6, 6.07) is -0.490. The van der Waals surface area contributed by atoms with Gasteiger partial charge in [-0.3, -0.25) is 4.79 Å². The number of carbonyl (C=O) groups is 1. The highest BCUT2D eigenvalue weighted by Gasteiger charge is 2.32. The lowest BCUT2D eigenvalue weighted by atomic mass is 10.1. The standard InChI is InChI=1S/C11H21N3O3S/c1-8-7-13-14(9(8)2)11(15)10(12-3)5-6-18(4,16)17/h7-10,12H,5-6H2,1-4H3/t8-,9+,10-/m0/s1. The van der Waals surface area contributed by atoms with E-state index in [4.69, 9.17) is 0 Å². The van der Waals surface area contributed by atoms with Crippen LogP contribution >= 0.6 is 0 Å². The van der Waals surface area contributed by atoms with Crippen molar-refractivity contribution in [3.8, 4) is 0 Å². The Bertz CT molecular complexity index is 433. The molecule has 3 atom stereocenters. The quantitative estimate of drug-likeness (QED) is 0.757. The highest BCUT2D eigenvalue weighted by atomic mass is 32.2. The number of carbonyl (C=O) groups excluding carboxylic acids is 1. The fourth-order valence-electron chi connectivity index (χ4n) is 1.77. The molecule has 0 aromatic heterocycles. The van der Waals surface area contributed by atoms with Crippen LogP contribution in [0.15, 0.2) is 5.10 Å². The highest BCUT2D eigenvalue weighted by Crippen LogP contribution is 2.18. The molecule has 1 heterocycles. The Morgan fingerprint density at radius 3 is 2.50 bits per heavy atom. The molecule has 0 bridgehead atoms. The topological polar surface area (TPSA) is 78.8 Å². The van der Waals surface area contributed by atoms with Crippen LogP contribution in [0.25, 0.3) is 0 Å². The van der Waals surface area contributed by atoms with Crippen LogP contribution in [0.1, 0.15) is 20.3 Å². The first kappa shape index (κ1) is 15.1. The van der Waals surface area contributed by atoms with Crippen molar-refractivity contribution in [3.63, 3.8) is 0 Å². The van der Waals surface area contributed by atoms with Gasteiger partial charge in [-0.15, -0.1) is 0 Å². The molecule has 1 aliphatic heterocycles. The van der Waals surface area contributed by atoms with Gasteiger partial charge >= 0.3 is 0 Å². The molecule has 0 saturated carbocycles. The molecule has 0 spiro atoms. The third-order valence-electron chi connectivity index (χ3n) is 3.22. The minimum Gasteiger partial charge on any atom is -0.309 e. The van der Waals surface area contributed by atoms with Gasteiger partial charge in [-0.05, 0) is 20.4 Å². The van der Waals surface area contributed by atoms with Gasteiger partial charge in [0, 0.05) is 18.4 Å². The van der Waals surface area contributed by atoms with Gasteiger partial charge in [-0.1, -0.05) is 6.92 Å². The summed E-state index contributed by atoms with van der Waals surface area (Å²) in [5.41, 5.74) is 0. The molecule has 0 aromatic carbocycles. The van der Waals surface area contributed by atoms with Crippen LogP contribution in [0.3, 0.4) is 0 Å². The van der Waals surface area contributed by atoms with E-state index < -0.39 is 15.9 Å². The van der Waals surface area contributed by atoms with Crippen molar-refractivity contribution in [2.45, 2.75) is 32.4 Å². The lowest BCUT2D eigenvalue weighted by Gasteiger charge is -2.25. The molecular formula is C11H21N3O3S. The number of sulfone groups is 1. The average Bonchev–Trinajstić information content (AvgIpc) is 2.59. The molecule has 18 heavy (non-hydrogen) atoms. The zero-order chi connectivity index (χ0) is 13.9. The van der Waals surface area contributed by atoms with E-state index in [1.165, 1.54) is 11.3 Å². The second kappa shape index (κ2) is 5.79. The van der Waals surface area contributed by atoms with Gasteiger partial charge < -0.3 is 5.32 Å². The van der Waals surface area contributed by atoms with Crippen LogP contribution < -0.4 is 5.32 Å². The van der Waals surface area contributed by atoms with Crippen molar-refractivity contribution in [2.24, 2.45) is 11.0 Å². The van der Waals surface area contributed by atoms with Crippen LogP contribution in [0.5, 0.6) is 0 Å². The molecule has 0 saturated heterocycles. The zero-order valence-corrected chi connectivity index (χ0v) is 12.1. The number of hydrogen-bond donors (Lipinski definition) is 1. The second-order valence-electron chi connectivity index (χ2n) is 4.81. The van der Waals surface area contributed by atoms with Crippen LogP contribution in [-0.4, -0.2) is 56.7 Å². The third-order valence-corrected chi connectivity index (χ3v) is 4.20. The lowest BCUT2D eigenvalue weighted by molar-refractivity contribution is -0.135. The van der Waals surface area contributed by atoms with Crippen molar-refractivity contribution in [2.75, 3.05) is 19.1 Å². The SMILES string of the molecule is CN[C@@H](CCS(C)(=O)=O)C(=O)N1N=C[C@H](C)[C@H]1C. The normalized spacial score (nSPS) is 25.4. The molecule has 1 N–H and O–H groups in total. The Hall–Kier alpha value is -0.950. The van der Waals surface area contributed by atoms with Crippen LogP contribution in [-0.2, 0) is 14.6 Å². The Morgan fingerprint density at radius 1 is 1.50 bits per heavy atom. The first-order chi connectivity index (χ1) is 8.26. The van der Waals surface area contributed by atoms with Gasteiger partial charge in [0.2, 0.25) is 0 Å². The van der Waals surface area contributed by atoms with Gasteiger partial charge in [-0.25, -0.2) is 13.4 Å². The molecule has 0 unspecified atom stereocenters. The average molecular weight is 275 g/mol. The van der Waals surface area contributed by atoms with E-state index in [-0.39, 0.29) is 30.0 Å². The second-order valence-corrected chi connectivity index (χ2v) is 7.07. The number of likely N-dealkylation sites (N-methyl/N-ethyl adjacent to an activating group) is 1. The molecule has 1 rings (SSSR count). The van der Waals surface area contributed by atoms with Gasteiger partial charge in [-0.2, -0.15) is 5.10 Å². The first-order valence-electron chi connectivity index (χ1n) is 5.98. The molecular weight excluding hydrogens is 254 g/mol. The maximum absolute atomic E-state index is 12.2. The molecule has 6 nitrogen and oxygen atoms in total. The number of amides is 1. The summed E-state index contributed by atoms with van der Waals surface area (Å²) in [4.78, 5) is 12.2. The summed E-state index contributed by atoms with van der Waals surface area (Å²) in [6.07, 6.45) is 3.18. The molecule has 104 valence electrons. The summed E-state index contributed by atoms with van der Waals surface area (Å²) in [5, 5.41) is 8.38. The lowest BCUT2D eigenvalue weighted by Crippen LogP contribution is -2.46. The molecule has 7 heteroatoms. The van der Waals surface area contributed by atoms with E-state index in [0.29, 0.717) is 0 Å². The van der Waals surface area contributed by atoms with Crippen molar-refractivity contribution in [1.29, 1.82) is 0 Å². The molecule has 1 aliphatic rings. The van der Waals surface area contributed by atoms with E-state index >= 15 is 0 Å². The Kier molecular flexibility index (Phi) is 4.86. The Balaban J connectivity index is 2.66. The minimum absolute atomic E-state index is 0.00820. The van der Waals surface area contributed by atoms with Gasteiger partial charge in [0.15, 0.2) is 0 Å². The van der Waals surface area contributed by atoms with Crippen molar-refractivity contribution in [3.05, 3.63) is 0 Å². The summed E-state index contributed by atoms with van der Waals surface area (Å²) >= 11 is 0.